The molecule has 5 aromatic rings. The minimum atomic E-state index is 0.915. The van der Waals surface area contributed by atoms with Crippen LogP contribution in [0, 0.1) is 0 Å². The first kappa shape index (κ1) is 14.6. The smallest absolute Gasteiger partial charge is 0.0731 e. The molecule has 0 radical (unpaired) electrons. The molecule has 5 nitrogen and oxygen atoms in total. The van der Waals surface area contributed by atoms with Crippen LogP contribution in [0.4, 0.5) is 11.4 Å². The van der Waals surface area contributed by atoms with Crippen LogP contribution in [-0.2, 0) is 0 Å². The molecule has 0 saturated heterocycles. The summed E-state index contributed by atoms with van der Waals surface area (Å²) in [5, 5.41) is 12.8. The molecule has 2 N–H and O–H groups in total. The molecule has 0 spiro atoms. The Kier molecular flexibility index (Phi) is 3.35. The van der Waals surface area contributed by atoms with Crippen molar-refractivity contribution in [2.45, 2.75) is 0 Å². The predicted molar refractivity (Wildman–Crippen MR) is 104 cm³/mol. The number of benzene rings is 2. The number of nitrogens with one attached hydrogen (secondary N) is 2. The van der Waals surface area contributed by atoms with Gasteiger partial charge in [0.25, 0.3) is 0 Å². The summed E-state index contributed by atoms with van der Waals surface area (Å²) >= 11 is 0. The molecule has 0 aliphatic rings. The van der Waals surface area contributed by atoms with Crippen molar-refractivity contribution in [2.75, 3.05) is 5.32 Å². The molecule has 5 heteroatoms. The van der Waals surface area contributed by atoms with Gasteiger partial charge in [-0.3, -0.25) is 10.1 Å². The summed E-state index contributed by atoms with van der Waals surface area (Å²) in [5.74, 6) is 0. The summed E-state index contributed by atoms with van der Waals surface area (Å²) in [6.07, 6.45) is 5.39. The Hall–Kier alpha value is -3.73. The SMILES string of the molecule is c1ccc2c(Nc3ccc4[nH]ncc4c3)cc(-c3ccncc3)nc2c1. The van der Waals surface area contributed by atoms with Crippen LogP contribution in [0.15, 0.2) is 79.3 Å². The molecule has 0 fully saturated rings. The molecule has 3 aromatic heterocycles. The quantitative estimate of drug-likeness (QED) is 0.490. The highest BCUT2D eigenvalue weighted by Gasteiger charge is 2.08. The average molecular weight is 337 g/mol. The molecule has 0 aliphatic heterocycles. The zero-order valence-electron chi connectivity index (χ0n) is 13.8. The topological polar surface area (TPSA) is 66.5 Å². The number of rotatable bonds is 3. The summed E-state index contributed by atoms with van der Waals surface area (Å²) in [5.41, 5.74) is 5.96. The van der Waals surface area contributed by atoms with E-state index in [4.69, 9.17) is 4.98 Å². The highest BCUT2D eigenvalue weighted by Crippen LogP contribution is 2.31. The largest absolute Gasteiger partial charge is 0.355 e. The van der Waals surface area contributed by atoms with E-state index < -0.39 is 0 Å². The van der Waals surface area contributed by atoms with E-state index in [1.54, 1.807) is 12.4 Å². The second-order valence-corrected chi connectivity index (χ2v) is 6.11. The standard InChI is InChI=1S/C21H15N5/c1-2-4-19-17(3-1)21(12-20(25-19)14-7-9-22-10-8-14)24-16-5-6-18-15(11-16)13-23-26-18/h1-13H,(H,23,26)(H,24,25). The third-order valence-electron chi connectivity index (χ3n) is 4.41. The molecular weight excluding hydrogens is 322 g/mol. The van der Waals surface area contributed by atoms with Crippen LogP contribution >= 0.6 is 0 Å². The van der Waals surface area contributed by atoms with Gasteiger partial charge in [0.05, 0.1) is 28.6 Å². The van der Waals surface area contributed by atoms with E-state index >= 15 is 0 Å². The minimum Gasteiger partial charge on any atom is -0.355 e. The zero-order chi connectivity index (χ0) is 17.3. The van der Waals surface area contributed by atoms with E-state index in [1.807, 2.05) is 48.7 Å². The zero-order valence-corrected chi connectivity index (χ0v) is 13.8. The van der Waals surface area contributed by atoms with Gasteiger partial charge in [-0.1, -0.05) is 18.2 Å². The van der Waals surface area contributed by atoms with Gasteiger partial charge in [-0.05, 0) is 42.5 Å². The predicted octanol–water partition coefficient (Wildman–Crippen LogP) is 4.92. The molecule has 124 valence electrons. The number of H-pyrrole nitrogens is 1. The Balaban J connectivity index is 1.65. The van der Waals surface area contributed by atoms with Crippen molar-refractivity contribution in [1.82, 2.24) is 20.2 Å². The Bertz CT molecular complexity index is 1210. The fraction of sp³-hybridized carbons (Fsp3) is 0. The maximum absolute atomic E-state index is 4.81. The summed E-state index contributed by atoms with van der Waals surface area (Å²) in [4.78, 5) is 8.90. The highest BCUT2D eigenvalue weighted by atomic mass is 15.1. The summed E-state index contributed by atoms with van der Waals surface area (Å²) in [7, 11) is 0. The Morgan fingerprint density at radius 1 is 0.885 bits per heavy atom. The molecule has 2 aromatic carbocycles. The van der Waals surface area contributed by atoms with Crippen molar-refractivity contribution in [3.8, 4) is 11.3 Å². The highest BCUT2D eigenvalue weighted by molar-refractivity contribution is 5.96. The third kappa shape index (κ3) is 2.56. The molecule has 5 rings (SSSR count). The number of hydrogen-bond donors (Lipinski definition) is 2. The monoisotopic (exact) mass is 337 g/mol. The lowest BCUT2D eigenvalue weighted by Gasteiger charge is -2.12. The number of nitrogens with zero attached hydrogens (tertiary/aromatic N) is 3. The van der Waals surface area contributed by atoms with Crippen LogP contribution in [0.1, 0.15) is 0 Å². The molecule has 0 amide bonds. The number of aromatic amines is 1. The van der Waals surface area contributed by atoms with Crippen LogP contribution < -0.4 is 5.32 Å². The second kappa shape index (κ2) is 5.97. The van der Waals surface area contributed by atoms with E-state index in [0.717, 1.165) is 44.4 Å². The van der Waals surface area contributed by atoms with Crippen molar-refractivity contribution < 1.29 is 0 Å². The van der Waals surface area contributed by atoms with Gasteiger partial charge >= 0.3 is 0 Å². The van der Waals surface area contributed by atoms with Crippen LogP contribution in [0.3, 0.4) is 0 Å². The minimum absolute atomic E-state index is 0.915. The maximum Gasteiger partial charge on any atom is 0.0731 e. The van der Waals surface area contributed by atoms with E-state index in [-0.39, 0.29) is 0 Å². The first-order valence-corrected chi connectivity index (χ1v) is 8.37. The van der Waals surface area contributed by atoms with Crippen LogP contribution in [0.5, 0.6) is 0 Å². The number of pyridine rings is 2. The lowest BCUT2D eigenvalue weighted by molar-refractivity contribution is 1.12. The molecule has 0 bridgehead atoms. The fourth-order valence-electron chi connectivity index (χ4n) is 3.13. The van der Waals surface area contributed by atoms with Crippen molar-refractivity contribution in [1.29, 1.82) is 0 Å². The Morgan fingerprint density at radius 3 is 2.69 bits per heavy atom. The maximum atomic E-state index is 4.81. The van der Waals surface area contributed by atoms with E-state index in [9.17, 15) is 0 Å². The molecule has 0 atom stereocenters. The number of para-hydroxylation sites is 1. The summed E-state index contributed by atoms with van der Waals surface area (Å²) < 4.78 is 0. The van der Waals surface area contributed by atoms with Gasteiger partial charge in [-0.25, -0.2) is 4.98 Å². The van der Waals surface area contributed by atoms with Crippen LogP contribution in [-0.4, -0.2) is 20.2 Å². The molecule has 3 heterocycles. The van der Waals surface area contributed by atoms with Crippen molar-refractivity contribution in [3.05, 3.63) is 79.3 Å². The number of hydrogen-bond acceptors (Lipinski definition) is 4. The molecule has 0 saturated carbocycles. The third-order valence-corrected chi connectivity index (χ3v) is 4.41. The van der Waals surface area contributed by atoms with Gasteiger partial charge in [0.2, 0.25) is 0 Å². The van der Waals surface area contributed by atoms with Gasteiger partial charge in [0, 0.05) is 34.4 Å². The van der Waals surface area contributed by atoms with Gasteiger partial charge in [0.15, 0.2) is 0 Å². The summed E-state index contributed by atoms with van der Waals surface area (Å²) in [6.45, 7) is 0. The molecule has 0 unspecified atom stereocenters. The molecule has 0 aliphatic carbocycles. The Labute approximate surface area is 149 Å². The van der Waals surface area contributed by atoms with Gasteiger partial charge in [0.1, 0.15) is 0 Å². The second-order valence-electron chi connectivity index (χ2n) is 6.11. The average Bonchev–Trinajstić information content (AvgIpc) is 3.16. The van der Waals surface area contributed by atoms with E-state index in [2.05, 4.69) is 38.7 Å². The van der Waals surface area contributed by atoms with Gasteiger partial charge in [-0.15, -0.1) is 0 Å². The van der Waals surface area contributed by atoms with Crippen molar-refractivity contribution in [2.24, 2.45) is 0 Å². The van der Waals surface area contributed by atoms with Gasteiger partial charge < -0.3 is 5.32 Å². The van der Waals surface area contributed by atoms with Crippen molar-refractivity contribution in [3.63, 3.8) is 0 Å². The van der Waals surface area contributed by atoms with Gasteiger partial charge in [-0.2, -0.15) is 5.10 Å². The lowest BCUT2D eigenvalue weighted by Crippen LogP contribution is -1.95. The van der Waals surface area contributed by atoms with Crippen molar-refractivity contribution >= 4 is 33.2 Å². The normalized spacial score (nSPS) is 11.1. The number of anilines is 2. The lowest BCUT2D eigenvalue weighted by atomic mass is 10.1. The molecular formula is C21H15N5. The fourth-order valence-corrected chi connectivity index (χ4v) is 3.13. The first-order valence-electron chi connectivity index (χ1n) is 8.37. The first-order chi connectivity index (χ1) is 12.9. The number of aromatic nitrogens is 4. The summed E-state index contributed by atoms with van der Waals surface area (Å²) in [6, 6.07) is 20.3. The van der Waals surface area contributed by atoms with Crippen LogP contribution in [0.25, 0.3) is 33.1 Å². The molecule has 26 heavy (non-hydrogen) atoms. The van der Waals surface area contributed by atoms with E-state index in [1.165, 1.54) is 0 Å². The van der Waals surface area contributed by atoms with E-state index in [0.29, 0.717) is 0 Å². The van der Waals surface area contributed by atoms with Crippen LogP contribution in [0.2, 0.25) is 0 Å². The number of fused-ring (bicyclic) bond motifs is 2. The Morgan fingerprint density at radius 2 is 1.77 bits per heavy atom.